The Morgan fingerprint density at radius 1 is 1.44 bits per heavy atom. The summed E-state index contributed by atoms with van der Waals surface area (Å²) in [7, 11) is 0. The van der Waals surface area contributed by atoms with Crippen LogP contribution in [0.2, 0.25) is 0 Å². The first-order chi connectivity index (χ1) is 7.65. The Balaban J connectivity index is 2.13. The molecule has 3 nitrogen and oxygen atoms in total. The molecule has 1 N–H and O–H groups in total. The van der Waals surface area contributed by atoms with Crippen LogP contribution < -0.4 is 5.32 Å². The van der Waals surface area contributed by atoms with E-state index in [1.807, 2.05) is 0 Å². The van der Waals surface area contributed by atoms with Crippen molar-refractivity contribution in [2.45, 2.75) is 52.0 Å². The Bertz CT molecular complexity index is 354. The van der Waals surface area contributed by atoms with E-state index in [4.69, 9.17) is 0 Å². The SMILES string of the molecule is Cc1cc(C(C)C)nc(CC2CCCN2)n1. The summed E-state index contributed by atoms with van der Waals surface area (Å²) >= 11 is 0. The van der Waals surface area contributed by atoms with Gasteiger partial charge in [-0.1, -0.05) is 13.8 Å². The van der Waals surface area contributed by atoms with Crippen molar-refractivity contribution < 1.29 is 0 Å². The summed E-state index contributed by atoms with van der Waals surface area (Å²) in [6.45, 7) is 7.56. The molecule has 1 aliphatic rings. The monoisotopic (exact) mass is 219 g/mol. The molecule has 0 spiro atoms. The number of hydrogen-bond donors (Lipinski definition) is 1. The number of nitrogens with one attached hydrogen (secondary N) is 1. The normalized spacial score (nSPS) is 20.6. The van der Waals surface area contributed by atoms with Crippen molar-refractivity contribution >= 4 is 0 Å². The first-order valence-corrected chi connectivity index (χ1v) is 6.23. The number of hydrogen-bond acceptors (Lipinski definition) is 3. The second-order valence-electron chi connectivity index (χ2n) is 5.00. The quantitative estimate of drug-likeness (QED) is 0.847. The molecule has 1 saturated heterocycles. The zero-order valence-electron chi connectivity index (χ0n) is 10.5. The van der Waals surface area contributed by atoms with Gasteiger partial charge in [0, 0.05) is 23.9 Å². The standard InChI is InChI=1S/C13H21N3/c1-9(2)12-7-10(3)15-13(16-12)8-11-5-4-6-14-11/h7,9,11,14H,4-6,8H2,1-3H3. The predicted molar refractivity (Wildman–Crippen MR) is 65.6 cm³/mol. The van der Waals surface area contributed by atoms with E-state index in [1.165, 1.54) is 18.5 Å². The fraction of sp³-hybridized carbons (Fsp3) is 0.692. The molecule has 1 unspecified atom stereocenters. The molecule has 3 heteroatoms. The first kappa shape index (κ1) is 11.5. The highest BCUT2D eigenvalue weighted by molar-refractivity contribution is 5.13. The van der Waals surface area contributed by atoms with Crippen LogP contribution in [0.3, 0.4) is 0 Å². The largest absolute Gasteiger partial charge is 0.314 e. The van der Waals surface area contributed by atoms with E-state index in [9.17, 15) is 0 Å². The lowest BCUT2D eigenvalue weighted by molar-refractivity contribution is 0.580. The van der Waals surface area contributed by atoms with Crippen LogP contribution in [0.4, 0.5) is 0 Å². The fourth-order valence-corrected chi connectivity index (χ4v) is 2.19. The summed E-state index contributed by atoms with van der Waals surface area (Å²) in [5.41, 5.74) is 2.26. The summed E-state index contributed by atoms with van der Waals surface area (Å²) < 4.78 is 0. The van der Waals surface area contributed by atoms with Crippen molar-refractivity contribution in [2.75, 3.05) is 6.54 Å². The zero-order valence-corrected chi connectivity index (χ0v) is 10.5. The Morgan fingerprint density at radius 3 is 2.88 bits per heavy atom. The average molecular weight is 219 g/mol. The highest BCUT2D eigenvalue weighted by atomic mass is 15.0. The maximum absolute atomic E-state index is 4.65. The number of rotatable bonds is 3. The topological polar surface area (TPSA) is 37.8 Å². The third-order valence-electron chi connectivity index (χ3n) is 3.10. The summed E-state index contributed by atoms with van der Waals surface area (Å²) in [5.74, 6) is 1.49. The minimum Gasteiger partial charge on any atom is -0.314 e. The second kappa shape index (κ2) is 4.91. The molecular formula is C13H21N3. The van der Waals surface area contributed by atoms with Crippen LogP contribution in [0.1, 0.15) is 49.8 Å². The molecule has 0 aromatic carbocycles. The molecule has 0 amide bonds. The maximum Gasteiger partial charge on any atom is 0.130 e. The second-order valence-corrected chi connectivity index (χ2v) is 5.00. The van der Waals surface area contributed by atoms with Gasteiger partial charge >= 0.3 is 0 Å². The molecule has 1 fully saturated rings. The van der Waals surface area contributed by atoms with Gasteiger partial charge in [-0.05, 0) is 38.3 Å². The molecule has 0 saturated carbocycles. The lowest BCUT2D eigenvalue weighted by Gasteiger charge is -2.12. The van der Waals surface area contributed by atoms with Crippen LogP contribution in [0, 0.1) is 6.92 Å². The van der Waals surface area contributed by atoms with Crippen molar-refractivity contribution in [3.63, 3.8) is 0 Å². The Labute approximate surface area is 97.7 Å². The number of aryl methyl sites for hydroxylation is 1. The Kier molecular flexibility index (Phi) is 3.54. The Morgan fingerprint density at radius 2 is 2.25 bits per heavy atom. The smallest absolute Gasteiger partial charge is 0.130 e. The highest BCUT2D eigenvalue weighted by Crippen LogP contribution is 2.15. The van der Waals surface area contributed by atoms with Crippen LogP contribution in [0.5, 0.6) is 0 Å². The molecule has 0 aliphatic carbocycles. The van der Waals surface area contributed by atoms with Crippen LogP contribution in [-0.2, 0) is 6.42 Å². The van der Waals surface area contributed by atoms with Gasteiger partial charge in [-0.25, -0.2) is 9.97 Å². The zero-order chi connectivity index (χ0) is 11.5. The fourth-order valence-electron chi connectivity index (χ4n) is 2.19. The Hall–Kier alpha value is -0.960. The molecule has 2 heterocycles. The van der Waals surface area contributed by atoms with Crippen LogP contribution in [-0.4, -0.2) is 22.6 Å². The molecule has 88 valence electrons. The average Bonchev–Trinajstić information content (AvgIpc) is 2.69. The van der Waals surface area contributed by atoms with E-state index in [2.05, 4.69) is 42.1 Å². The van der Waals surface area contributed by atoms with Crippen LogP contribution in [0.15, 0.2) is 6.07 Å². The molecule has 1 atom stereocenters. The summed E-state index contributed by atoms with van der Waals surface area (Å²) in [4.78, 5) is 9.17. The third-order valence-corrected chi connectivity index (χ3v) is 3.10. The van der Waals surface area contributed by atoms with E-state index in [-0.39, 0.29) is 0 Å². The van der Waals surface area contributed by atoms with Crippen molar-refractivity contribution in [2.24, 2.45) is 0 Å². The van der Waals surface area contributed by atoms with Crippen molar-refractivity contribution in [1.29, 1.82) is 0 Å². The van der Waals surface area contributed by atoms with Crippen molar-refractivity contribution in [1.82, 2.24) is 15.3 Å². The van der Waals surface area contributed by atoms with E-state index < -0.39 is 0 Å². The third kappa shape index (κ3) is 2.79. The van der Waals surface area contributed by atoms with Gasteiger partial charge < -0.3 is 5.32 Å². The van der Waals surface area contributed by atoms with Gasteiger partial charge in [0.1, 0.15) is 5.82 Å². The summed E-state index contributed by atoms with van der Waals surface area (Å²) in [6, 6.07) is 2.68. The number of nitrogens with zero attached hydrogens (tertiary/aromatic N) is 2. The highest BCUT2D eigenvalue weighted by Gasteiger charge is 2.16. The van der Waals surface area contributed by atoms with Gasteiger partial charge in [0.15, 0.2) is 0 Å². The lowest BCUT2D eigenvalue weighted by Crippen LogP contribution is -2.25. The van der Waals surface area contributed by atoms with Gasteiger partial charge in [0.05, 0.1) is 0 Å². The van der Waals surface area contributed by atoms with Gasteiger partial charge in [0.25, 0.3) is 0 Å². The summed E-state index contributed by atoms with van der Waals surface area (Å²) in [5, 5.41) is 3.49. The van der Waals surface area contributed by atoms with Crippen LogP contribution in [0.25, 0.3) is 0 Å². The van der Waals surface area contributed by atoms with Crippen molar-refractivity contribution in [3.05, 3.63) is 23.3 Å². The molecule has 16 heavy (non-hydrogen) atoms. The lowest BCUT2D eigenvalue weighted by atomic mass is 10.1. The predicted octanol–water partition coefficient (Wildman–Crippen LogP) is 2.20. The summed E-state index contributed by atoms with van der Waals surface area (Å²) in [6.07, 6.45) is 3.52. The van der Waals surface area contributed by atoms with E-state index in [0.29, 0.717) is 12.0 Å². The molecule has 0 radical (unpaired) electrons. The molecular weight excluding hydrogens is 198 g/mol. The minimum atomic E-state index is 0.483. The van der Waals surface area contributed by atoms with Gasteiger partial charge in [-0.15, -0.1) is 0 Å². The minimum absolute atomic E-state index is 0.483. The number of aromatic nitrogens is 2. The van der Waals surface area contributed by atoms with E-state index in [0.717, 1.165) is 24.5 Å². The molecule has 1 aromatic rings. The van der Waals surface area contributed by atoms with Gasteiger partial charge in [-0.2, -0.15) is 0 Å². The van der Waals surface area contributed by atoms with Gasteiger partial charge in [-0.3, -0.25) is 0 Å². The first-order valence-electron chi connectivity index (χ1n) is 6.23. The molecule has 1 aliphatic heterocycles. The van der Waals surface area contributed by atoms with E-state index in [1.54, 1.807) is 0 Å². The van der Waals surface area contributed by atoms with E-state index >= 15 is 0 Å². The van der Waals surface area contributed by atoms with Crippen molar-refractivity contribution in [3.8, 4) is 0 Å². The maximum atomic E-state index is 4.65. The van der Waals surface area contributed by atoms with Gasteiger partial charge in [0.2, 0.25) is 0 Å². The molecule has 0 bridgehead atoms. The van der Waals surface area contributed by atoms with Crippen LogP contribution >= 0.6 is 0 Å². The molecule has 2 rings (SSSR count). The molecule has 1 aromatic heterocycles.